The molecule has 134 valence electrons. The van der Waals surface area contributed by atoms with Crippen LogP contribution >= 0.6 is 11.6 Å². The monoisotopic (exact) mass is 366 g/mol. The van der Waals surface area contributed by atoms with Crippen molar-refractivity contribution in [3.63, 3.8) is 0 Å². The van der Waals surface area contributed by atoms with Crippen molar-refractivity contribution in [1.82, 2.24) is 15.3 Å². The summed E-state index contributed by atoms with van der Waals surface area (Å²) in [7, 11) is 4.61. The summed E-state index contributed by atoms with van der Waals surface area (Å²) in [5, 5.41) is 6.19. The third kappa shape index (κ3) is 4.94. The number of methoxy groups -OCH3 is 3. The Balaban J connectivity index is 2.20. The van der Waals surface area contributed by atoms with E-state index in [-0.39, 0.29) is 11.6 Å². The summed E-state index contributed by atoms with van der Waals surface area (Å²) in [6.45, 7) is 0.813. The van der Waals surface area contributed by atoms with E-state index in [1.54, 1.807) is 19.2 Å². The molecule has 0 saturated carbocycles. The maximum Gasteiger partial charge on any atom is 0.270 e. The third-order valence-corrected chi connectivity index (χ3v) is 3.52. The molecule has 0 atom stereocenters. The van der Waals surface area contributed by atoms with E-state index >= 15 is 0 Å². The molecule has 0 spiro atoms. The smallest absolute Gasteiger partial charge is 0.270 e. The van der Waals surface area contributed by atoms with Crippen molar-refractivity contribution in [2.75, 3.05) is 39.8 Å². The lowest BCUT2D eigenvalue weighted by Crippen LogP contribution is -2.27. The van der Waals surface area contributed by atoms with Crippen LogP contribution in [0.2, 0.25) is 5.02 Å². The summed E-state index contributed by atoms with van der Waals surface area (Å²) >= 11 is 6.09. The van der Waals surface area contributed by atoms with Crippen molar-refractivity contribution in [1.29, 1.82) is 0 Å². The van der Waals surface area contributed by atoms with Crippen molar-refractivity contribution < 1.29 is 19.0 Å². The number of carbonyl (C=O) groups excluding carboxylic acids is 1. The van der Waals surface area contributed by atoms with Gasteiger partial charge < -0.3 is 24.8 Å². The molecule has 9 heteroatoms. The van der Waals surface area contributed by atoms with Gasteiger partial charge in [0.05, 0.1) is 31.5 Å². The second-order valence-corrected chi connectivity index (χ2v) is 5.26. The highest BCUT2D eigenvalue weighted by Gasteiger charge is 2.13. The molecule has 25 heavy (non-hydrogen) atoms. The quantitative estimate of drug-likeness (QED) is 0.692. The summed E-state index contributed by atoms with van der Waals surface area (Å²) in [5.41, 5.74) is 0.821. The van der Waals surface area contributed by atoms with Crippen LogP contribution in [0.3, 0.4) is 0 Å². The van der Waals surface area contributed by atoms with E-state index in [4.69, 9.17) is 25.8 Å². The number of benzene rings is 1. The van der Waals surface area contributed by atoms with Gasteiger partial charge in [-0.15, -0.1) is 0 Å². The first kappa shape index (κ1) is 18.8. The highest BCUT2D eigenvalue weighted by atomic mass is 35.5. The second kappa shape index (κ2) is 9.05. The van der Waals surface area contributed by atoms with Crippen LogP contribution in [0.1, 0.15) is 10.5 Å². The number of halogens is 1. The van der Waals surface area contributed by atoms with E-state index in [0.717, 1.165) is 0 Å². The fourth-order valence-electron chi connectivity index (χ4n) is 2.00. The van der Waals surface area contributed by atoms with Crippen molar-refractivity contribution >= 4 is 29.0 Å². The van der Waals surface area contributed by atoms with Crippen LogP contribution in [0.5, 0.6) is 11.5 Å². The molecule has 1 aromatic heterocycles. The molecule has 8 nitrogen and oxygen atoms in total. The molecule has 0 bridgehead atoms. The van der Waals surface area contributed by atoms with Crippen LogP contribution in [-0.4, -0.2) is 50.4 Å². The van der Waals surface area contributed by atoms with Gasteiger partial charge >= 0.3 is 0 Å². The first-order valence-electron chi connectivity index (χ1n) is 7.36. The minimum atomic E-state index is -0.317. The van der Waals surface area contributed by atoms with Crippen LogP contribution < -0.4 is 20.1 Å². The summed E-state index contributed by atoms with van der Waals surface area (Å²) < 4.78 is 15.4. The molecule has 2 N–H and O–H groups in total. The molecule has 0 fully saturated rings. The molecule has 0 aliphatic heterocycles. The predicted octanol–water partition coefficient (Wildman–Crippen LogP) is 2.27. The molecule has 2 rings (SSSR count). The lowest BCUT2D eigenvalue weighted by molar-refractivity contribution is 0.0932. The lowest BCUT2D eigenvalue weighted by atomic mass is 10.2. The normalized spacial score (nSPS) is 10.2. The standard InChI is InChI=1S/C16H19ClN4O4/c1-23-5-4-18-16(22)12-8-15(20-9-19-12)21-11-7-13(24-2)10(17)6-14(11)25-3/h6-9H,4-5H2,1-3H3,(H,18,22)(H,19,20,21). The van der Waals surface area contributed by atoms with E-state index in [9.17, 15) is 4.79 Å². The number of amides is 1. The van der Waals surface area contributed by atoms with Gasteiger partial charge in [0.1, 0.15) is 29.3 Å². The largest absolute Gasteiger partial charge is 0.495 e. The van der Waals surface area contributed by atoms with Crippen LogP contribution in [0, 0.1) is 0 Å². The van der Waals surface area contributed by atoms with E-state index in [2.05, 4.69) is 20.6 Å². The maximum absolute atomic E-state index is 12.0. The fourth-order valence-corrected chi connectivity index (χ4v) is 2.23. The molecular formula is C16H19ClN4O4. The molecule has 0 aliphatic carbocycles. The van der Waals surface area contributed by atoms with Crippen LogP contribution in [0.15, 0.2) is 24.5 Å². The van der Waals surface area contributed by atoms with Gasteiger partial charge in [-0.2, -0.15) is 0 Å². The highest BCUT2D eigenvalue weighted by molar-refractivity contribution is 6.32. The van der Waals surface area contributed by atoms with Crippen LogP contribution in [-0.2, 0) is 4.74 Å². The average molecular weight is 367 g/mol. The van der Waals surface area contributed by atoms with E-state index in [0.29, 0.717) is 41.2 Å². The van der Waals surface area contributed by atoms with Gasteiger partial charge in [-0.05, 0) is 0 Å². The predicted molar refractivity (Wildman–Crippen MR) is 94.1 cm³/mol. The number of hydrogen-bond acceptors (Lipinski definition) is 7. The topological polar surface area (TPSA) is 94.6 Å². The molecule has 1 heterocycles. The number of anilines is 2. The molecule has 1 amide bonds. The minimum absolute atomic E-state index is 0.230. The Labute approximate surface area is 150 Å². The average Bonchev–Trinajstić information content (AvgIpc) is 2.63. The SMILES string of the molecule is COCCNC(=O)c1cc(Nc2cc(OC)c(Cl)cc2OC)ncn1. The zero-order valence-corrected chi connectivity index (χ0v) is 14.9. The molecule has 0 aliphatic rings. The number of aromatic nitrogens is 2. The Hall–Kier alpha value is -2.58. The van der Waals surface area contributed by atoms with Gasteiger partial charge in [-0.3, -0.25) is 4.79 Å². The summed E-state index contributed by atoms with van der Waals surface area (Å²) in [5.74, 6) is 1.10. The van der Waals surface area contributed by atoms with Crippen LogP contribution in [0.4, 0.5) is 11.5 Å². The van der Waals surface area contributed by atoms with Crippen molar-refractivity contribution in [3.8, 4) is 11.5 Å². The molecule has 1 aromatic carbocycles. The highest BCUT2D eigenvalue weighted by Crippen LogP contribution is 2.37. The third-order valence-electron chi connectivity index (χ3n) is 3.23. The summed E-state index contributed by atoms with van der Waals surface area (Å²) in [4.78, 5) is 20.1. The van der Waals surface area contributed by atoms with E-state index < -0.39 is 0 Å². The number of ether oxygens (including phenoxy) is 3. The Kier molecular flexibility index (Phi) is 6.79. The number of rotatable bonds is 8. The molecule has 0 saturated heterocycles. The van der Waals surface area contributed by atoms with Gasteiger partial charge in [0.15, 0.2) is 0 Å². The zero-order chi connectivity index (χ0) is 18.2. The molecular weight excluding hydrogens is 348 g/mol. The van der Waals surface area contributed by atoms with Crippen molar-refractivity contribution in [3.05, 3.63) is 35.2 Å². The van der Waals surface area contributed by atoms with Gasteiger partial charge in [-0.1, -0.05) is 11.6 Å². The fraction of sp³-hybridized carbons (Fsp3) is 0.312. The zero-order valence-electron chi connectivity index (χ0n) is 14.1. The van der Waals surface area contributed by atoms with Gasteiger partial charge in [0.2, 0.25) is 0 Å². The summed E-state index contributed by atoms with van der Waals surface area (Å²) in [6, 6.07) is 4.84. The number of hydrogen-bond donors (Lipinski definition) is 2. The second-order valence-electron chi connectivity index (χ2n) is 4.85. The van der Waals surface area contributed by atoms with Crippen LogP contribution in [0.25, 0.3) is 0 Å². The van der Waals surface area contributed by atoms with Crippen molar-refractivity contribution in [2.45, 2.75) is 0 Å². The van der Waals surface area contributed by atoms with Gasteiger partial charge in [-0.25, -0.2) is 9.97 Å². The van der Waals surface area contributed by atoms with Gasteiger partial charge in [0.25, 0.3) is 5.91 Å². The minimum Gasteiger partial charge on any atom is -0.495 e. The Morgan fingerprint density at radius 3 is 2.56 bits per heavy atom. The Morgan fingerprint density at radius 2 is 1.88 bits per heavy atom. The molecule has 0 radical (unpaired) electrons. The Bertz CT molecular complexity index is 742. The number of nitrogens with zero attached hydrogens (tertiary/aromatic N) is 2. The maximum atomic E-state index is 12.0. The lowest BCUT2D eigenvalue weighted by Gasteiger charge is -2.13. The van der Waals surface area contributed by atoms with Crippen molar-refractivity contribution in [2.24, 2.45) is 0 Å². The first-order chi connectivity index (χ1) is 12.1. The van der Waals surface area contributed by atoms with Gasteiger partial charge in [0, 0.05) is 31.9 Å². The first-order valence-corrected chi connectivity index (χ1v) is 7.74. The summed E-state index contributed by atoms with van der Waals surface area (Å²) in [6.07, 6.45) is 1.30. The number of carbonyl (C=O) groups is 1. The molecule has 0 unspecified atom stereocenters. The Morgan fingerprint density at radius 1 is 1.12 bits per heavy atom. The van der Waals surface area contributed by atoms with E-state index in [1.807, 2.05) is 0 Å². The van der Waals surface area contributed by atoms with E-state index in [1.165, 1.54) is 26.6 Å². The number of nitrogens with one attached hydrogen (secondary N) is 2. The molecule has 2 aromatic rings.